The molecule has 1 heterocycles. The first-order valence-electron chi connectivity index (χ1n) is 8.25. The molecule has 3 aromatic rings. The maximum absolute atomic E-state index is 12.4. The van der Waals surface area contributed by atoms with E-state index in [0.717, 1.165) is 39.9 Å². The number of hydrogen-bond acceptors (Lipinski definition) is 2. The van der Waals surface area contributed by atoms with Crippen molar-refractivity contribution >= 4 is 24.6 Å². The van der Waals surface area contributed by atoms with Crippen LogP contribution in [-0.2, 0) is 17.9 Å². The molecule has 0 saturated carbocycles. The van der Waals surface area contributed by atoms with Crippen LogP contribution in [0.4, 0.5) is 0 Å². The quantitative estimate of drug-likeness (QED) is 0.685. The van der Waals surface area contributed by atoms with Crippen LogP contribution in [0.25, 0.3) is 21.9 Å². The van der Waals surface area contributed by atoms with Crippen LogP contribution in [0, 0.1) is 0 Å². The van der Waals surface area contributed by atoms with Crippen molar-refractivity contribution in [3.05, 3.63) is 64.6 Å². The van der Waals surface area contributed by atoms with Crippen molar-refractivity contribution in [3.63, 3.8) is 0 Å². The van der Waals surface area contributed by atoms with Crippen molar-refractivity contribution in [2.75, 3.05) is 0 Å². The highest BCUT2D eigenvalue weighted by atomic mass is 28.3. The highest BCUT2D eigenvalue weighted by molar-refractivity contribution is 6.58. The molecule has 4 heteroatoms. The van der Waals surface area contributed by atoms with Gasteiger partial charge in [-0.2, -0.15) is 0 Å². The fourth-order valence-electron chi connectivity index (χ4n) is 3.16. The average Bonchev–Trinajstić information content (AvgIpc) is 2.59. The Morgan fingerprint density at radius 3 is 2.42 bits per heavy atom. The number of benzene rings is 2. The summed E-state index contributed by atoms with van der Waals surface area (Å²) in [6.07, 6.45) is 3.89. The van der Waals surface area contributed by atoms with Crippen LogP contribution in [0.1, 0.15) is 18.9 Å². The van der Waals surface area contributed by atoms with Crippen molar-refractivity contribution in [2.45, 2.75) is 26.3 Å². The lowest BCUT2D eigenvalue weighted by Gasteiger charge is -2.14. The van der Waals surface area contributed by atoms with E-state index in [1.807, 2.05) is 42.6 Å². The van der Waals surface area contributed by atoms with Crippen LogP contribution in [0.3, 0.4) is 0 Å². The third-order valence-corrected chi connectivity index (χ3v) is 5.54. The third-order valence-electron chi connectivity index (χ3n) is 4.42. The van der Waals surface area contributed by atoms with Gasteiger partial charge in [0.25, 0.3) is 5.56 Å². The maximum Gasteiger partial charge on any atom is 0.308 e. The maximum atomic E-state index is 12.4. The molecule has 0 atom stereocenters. The van der Waals surface area contributed by atoms with Gasteiger partial charge in [-0.1, -0.05) is 43.7 Å². The molecule has 1 aromatic heterocycles. The van der Waals surface area contributed by atoms with Gasteiger partial charge in [-0.15, -0.1) is 0 Å². The smallest absolute Gasteiger partial charge is 0.308 e. The molecule has 0 unspecified atom stereocenters. The molecule has 3 nitrogen and oxygen atoms in total. The van der Waals surface area contributed by atoms with E-state index in [9.17, 15) is 9.26 Å². The summed E-state index contributed by atoms with van der Waals surface area (Å²) >= 11 is 0. The Morgan fingerprint density at radius 1 is 1.04 bits per heavy atom. The van der Waals surface area contributed by atoms with Gasteiger partial charge >= 0.3 is 8.68 Å². The largest absolute Gasteiger partial charge is 0.383 e. The van der Waals surface area contributed by atoms with Crippen LogP contribution < -0.4 is 10.7 Å². The van der Waals surface area contributed by atoms with Gasteiger partial charge in [-0.3, -0.25) is 4.79 Å². The fourth-order valence-corrected chi connectivity index (χ4v) is 3.83. The number of hydrogen-bond donors (Lipinski definition) is 0. The summed E-state index contributed by atoms with van der Waals surface area (Å²) in [5.41, 5.74) is 3.35. The minimum Gasteiger partial charge on any atom is -0.383 e. The lowest BCUT2D eigenvalue weighted by Crippen LogP contribution is -2.19. The molecule has 0 bridgehead atoms. The molecule has 0 saturated heterocycles. The van der Waals surface area contributed by atoms with Crippen molar-refractivity contribution in [1.82, 2.24) is 4.57 Å². The summed E-state index contributed by atoms with van der Waals surface area (Å²) in [4.78, 5) is 12.4. The molecule has 0 amide bonds. The standard InChI is InChI=1S/C20H21NO2Si/c1-4-7-14-10-11-15(24(3)23)12-18(14)19-13-21(2)20(22)17-9-6-5-8-16(17)19/h5-6,8-13H,4,7H2,1-3H3. The highest BCUT2D eigenvalue weighted by Crippen LogP contribution is 2.29. The predicted octanol–water partition coefficient (Wildman–Crippen LogP) is 3.42. The van der Waals surface area contributed by atoms with E-state index in [-0.39, 0.29) is 5.56 Å². The summed E-state index contributed by atoms with van der Waals surface area (Å²) in [5.74, 6) is 0. The van der Waals surface area contributed by atoms with Crippen molar-refractivity contribution in [2.24, 2.45) is 7.05 Å². The Bertz CT molecular complexity index is 989. The van der Waals surface area contributed by atoms with Crippen molar-refractivity contribution < 1.29 is 4.46 Å². The second-order valence-electron chi connectivity index (χ2n) is 6.18. The van der Waals surface area contributed by atoms with Gasteiger partial charge < -0.3 is 9.03 Å². The molecule has 0 spiro atoms. The van der Waals surface area contributed by atoms with Crippen LogP contribution in [0.5, 0.6) is 0 Å². The second-order valence-corrected chi connectivity index (χ2v) is 7.87. The summed E-state index contributed by atoms with van der Waals surface area (Å²) in [5, 5.41) is 2.55. The SMILES string of the molecule is CCCc1ccc([Si](C)=O)cc1-c1cn(C)c(=O)c2ccccc12. The lowest BCUT2D eigenvalue weighted by molar-refractivity contribution is 0.572. The number of nitrogens with zero attached hydrogens (tertiary/aromatic N) is 1. The molecular weight excluding hydrogens is 314 g/mol. The van der Waals surface area contributed by atoms with Crippen LogP contribution in [-0.4, -0.2) is 13.3 Å². The number of rotatable bonds is 4. The number of pyridine rings is 1. The molecule has 0 N–H and O–H groups in total. The molecule has 122 valence electrons. The molecule has 0 aliphatic rings. The Labute approximate surface area is 143 Å². The Morgan fingerprint density at radius 2 is 1.75 bits per heavy atom. The van der Waals surface area contributed by atoms with E-state index in [1.54, 1.807) is 18.2 Å². The van der Waals surface area contributed by atoms with E-state index in [0.29, 0.717) is 0 Å². The predicted molar refractivity (Wildman–Crippen MR) is 101 cm³/mol. The zero-order valence-corrected chi connectivity index (χ0v) is 15.3. The summed E-state index contributed by atoms with van der Waals surface area (Å²) < 4.78 is 13.6. The first-order valence-corrected chi connectivity index (χ1v) is 10.2. The van der Waals surface area contributed by atoms with Crippen molar-refractivity contribution in [3.8, 4) is 11.1 Å². The van der Waals surface area contributed by atoms with Crippen molar-refractivity contribution in [1.29, 1.82) is 0 Å². The Hall–Kier alpha value is -2.33. The second kappa shape index (κ2) is 6.65. The monoisotopic (exact) mass is 335 g/mol. The third kappa shape index (κ3) is 2.89. The van der Waals surface area contributed by atoms with Gasteiger partial charge in [0.1, 0.15) is 0 Å². The average molecular weight is 335 g/mol. The number of fused-ring (bicyclic) bond motifs is 1. The van der Waals surface area contributed by atoms with Gasteiger partial charge in [0.2, 0.25) is 0 Å². The summed E-state index contributed by atoms with van der Waals surface area (Å²) in [6, 6.07) is 13.8. The van der Waals surface area contributed by atoms with E-state index in [4.69, 9.17) is 0 Å². The molecule has 24 heavy (non-hydrogen) atoms. The zero-order chi connectivity index (χ0) is 17.3. The highest BCUT2D eigenvalue weighted by Gasteiger charge is 2.14. The van der Waals surface area contributed by atoms with E-state index in [2.05, 4.69) is 13.0 Å². The number of aromatic nitrogens is 1. The zero-order valence-electron chi connectivity index (χ0n) is 14.3. The molecule has 3 rings (SSSR count). The van der Waals surface area contributed by atoms with Gasteiger partial charge in [-0.05, 0) is 46.8 Å². The normalized spacial score (nSPS) is 11.0. The van der Waals surface area contributed by atoms with E-state index >= 15 is 0 Å². The molecular formula is C20H21NO2Si. The summed E-state index contributed by atoms with van der Waals surface area (Å²) in [7, 11) is 0.0204. The van der Waals surface area contributed by atoms with Gasteiger partial charge in [0, 0.05) is 24.2 Å². The molecule has 0 aliphatic carbocycles. The Kier molecular flexibility index (Phi) is 4.58. The van der Waals surface area contributed by atoms with Crippen LogP contribution >= 0.6 is 0 Å². The lowest BCUT2D eigenvalue weighted by atomic mass is 9.94. The Balaban J connectivity index is 2.38. The van der Waals surface area contributed by atoms with Gasteiger partial charge in [-0.25, -0.2) is 0 Å². The van der Waals surface area contributed by atoms with Crippen LogP contribution in [0.15, 0.2) is 53.5 Å². The first kappa shape index (κ1) is 16.5. The molecule has 2 aromatic carbocycles. The molecule has 0 radical (unpaired) electrons. The topological polar surface area (TPSA) is 39.1 Å². The molecule has 0 fully saturated rings. The van der Waals surface area contributed by atoms with Gasteiger partial charge in [0.05, 0.1) is 0 Å². The minimum absolute atomic E-state index is 0.00612. The van der Waals surface area contributed by atoms with E-state index in [1.165, 1.54) is 5.56 Å². The van der Waals surface area contributed by atoms with Crippen LogP contribution in [0.2, 0.25) is 6.55 Å². The summed E-state index contributed by atoms with van der Waals surface area (Å²) in [6.45, 7) is 3.92. The minimum atomic E-state index is -1.76. The molecule has 0 aliphatic heterocycles. The number of aryl methyl sites for hydroxylation is 2. The first-order chi connectivity index (χ1) is 11.5. The van der Waals surface area contributed by atoms with Gasteiger partial charge in [0.15, 0.2) is 0 Å². The fraction of sp³-hybridized carbons (Fsp3) is 0.250. The van der Waals surface area contributed by atoms with E-state index < -0.39 is 8.68 Å².